The summed E-state index contributed by atoms with van der Waals surface area (Å²) in [7, 11) is 1.14. The number of ether oxygens (including phenoxy) is 2. The van der Waals surface area contributed by atoms with Crippen LogP contribution in [0, 0.1) is 0 Å². The molecule has 468 valence electrons. The largest absolute Gasteiger partial charge is 0.756 e. The van der Waals surface area contributed by atoms with Crippen LogP contribution in [-0.4, -0.2) is 70.0 Å². The van der Waals surface area contributed by atoms with Crippen molar-refractivity contribution in [2.24, 2.45) is 0 Å². The molecule has 2 atom stereocenters. The fourth-order valence-corrected chi connectivity index (χ4v) is 9.35. The van der Waals surface area contributed by atoms with Crippen LogP contribution in [0.5, 0.6) is 0 Å². The molecule has 10 heteroatoms. The summed E-state index contributed by atoms with van der Waals surface area (Å²) in [5.74, 6) is -0.851. The second-order valence-electron chi connectivity index (χ2n) is 22.7. The Kier molecular flexibility index (Phi) is 58.8. The van der Waals surface area contributed by atoms with Crippen molar-refractivity contribution < 1.29 is 42.1 Å². The van der Waals surface area contributed by atoms with Gasteiger partial charge < -0.3 is 27.9 Å². The van der Waals surface area contributed by atoms with E-state index >= 15 is 0 Å². The first-order valence-electron chi connectivity index (χ1n) is 32.9. The van der Waals surface area contributed by atoms with Crippen LogP contribution in [-0.2, 0) is 32.7 Å². The van der Waals surface area contributed by atoms with Crippen molar-refractivity contribution in [2.45, 2.75) is 264 Å². The van der Waals surface area contributed by atoms with Gasteiger partial charge in [0, 0.05) is 12.8 Å². The maximum atomic E-state index is 12.8. The average molecular weight is 1160 g/mol. The molecular formula is C72H122NO8P. The van der Waals surface area contributed by atoms with E-state index in [1.165, 1.54) is 103 Å². The van der Waals surface area contributed by atoms with E-state index in [1.807, 2.05) is 21.1 Å². The second-order valence-corrected chi connectivity index (χ2v) is 24.2. The maximum absolute atomic E-state index is 12.8. The number of phosphoric acid groups is 1. The molecule has 0 saturated heterocycles. The Morgan fingerprint density at radius 3 is 1.04 bits per heavy atom. The van der Waals surface area contributed by atoms with E-state index < -0.39 is 32.5 Å². The number of nitrogens with zero attached hydrogens (tertiary/aromatic N) is 1. The molecule has 0 bridgehead atoms. The summed E-state index contributed by atoms with van der Waals surface area (Å²) in [6, 6.07) is 0. The average Bonchev–Trinajstić information content (AvgIpc) is 3.45. The van der Waals surface area contributed by atoms with Crippen LogP contribution < -0.4 is 4.89 Å². The van der Waals surface area contributed by atoms with Crippen LogP contribution in [0.3, 0.4) is 0 Å². The molecule has 0 aliphatic heterocycles. The Hall–Kier alpha value is -3.85. The number of allylic oxidation sites excluding steroid dienone is 22. The molecule has 0 fully saturated rings. The molecule has 0 aromatic rings. The molecule has 0 heterocycles. The van der Waals surface area contributed by atoms with Crippen LogP contribution in [0.4, 0.5) is 0 Å². The summed E-state index contributed by atoms with van der Waals surface area (Å²) in [6.45, 7) is 4.10. The van der Waals surface area contributed by atoms with Crippen molar-refractivity contribution in [3.05, 3.63) is 134 Å². The smallest absolute Gasteiger partial charge is 0.306 e. The number of rotatable bonds is 59. The summed E-state index contributed by atoms with van der Waals surface area (Å²) in [6.07, 6.45) is 89.3. The molecule has 0 aromatic carbocycles. The number of esters is 2. The zero-order chi connectivity index (χ0) is 59.8. The Morgan fingerprint density at radius 2 is 0.695 bits per heavy atom. The minimum atomic E-state index is -4.65. The van der Waals surface area contributed by atoms with Gasteiger partial charge in [0.05, 0.1) is 27.7 Å². The minimum Gasteiger partial charge on any atom is -0.756 e. The number of carbonyl (C=O) groups is 2. The number of hydrogen-bond donors (Lipinski definition) is 0. The Bertz CT molecular complexity index is 1850. The molecule has 0 saturated carbocycles. The topological polar surface area (TPSA) is 111 Å². The Labute approximate surface area is 504 Å². The molecular weight excluding hydrogens is 1040 g/mol. The normalized spacial score (nSPS) is 14.1. The molecule has 0 amide bonds. The van der Waals surface area contributed by atoms with Crippen molar-refractivity contribution in [2.75, 3.05) is 47.5 Å². The standard InChI is InChI=1S/C72H122NO8P/c1-6-8-10-12-14-16-18-20-22-24-26-28-30-31-32-33-34-35-36-37-38-39-40-41-43-45-47-49-51-53-55-57-59-61-63-65-72(75)81-70(69-80-82(76,77)79-67-66-73(3,4)5)68-78-71(74)64-62-60-58-56-54-52-50-48-46-44-42-29-27-25-23-21-19-17-15-13-11-9-7-2/h8,10,14,16,19-22,25-28,31-32,34-35,37-38,40-42,44,70H,6-7,9,11-13,15,17-18,23-24,29-30,33,36,39,43,45-69H2,1-5H3/b10-8-,16-14-,21-19-,22-20-,27-25-,28-26-,32-31-,35-34-,38-37-,41-40-,44-42-. The van der Waals surface area contributed by atoms with Gasteiger partial charge in [0.15, 0.2) is 6.10 Å². The number of unbranched alkanes of at least 4 members (excludes halogenated alkanes) is 23. The summed E-state index contributed by atoms with van der Waals surface area (Å²) < 4.78 is 34.2. The minimum absolute atomic E-state index is 0.0395. The lowest BCUT2D eigenvalue weighted by Gasteiger charge is -2.28. The molecule has 82 heavy (non-hydrogen) atoms. The lowest BCUT2D eigenvalue weighted by atomic mass is 10.0. The van der Waals surface area contributed by atoms with Gasteiger partial charge in [-0.3, -0.25) is 14.2 Å². The Morgan fingerprint density at radius 1 is 0.390 bits per heavy atom. The lowest BCUT2D eigenvalue weighted by Crippen LogP contribution is -2.37. The predicted octanol–water partition coefficient (Wildman–Crippen LogP) is 20.6. The van der Waals surface area contributed by atoms with E-state index in [0.29, 0.717) is 17.4 Å². The van der Waals surface area contributed by atoms with Gasteiger partial charge in [-0.15, -0.1) is 0 Å². The van der Waals surface area contributed by atoms with Gasteiger partial charge in [0.1, 0.15) is 19.8 Å². The van der Waals surface area contributed by atoms with Gasteiger partial charge in [-0.05, 0) is 116 Å². The van der Waals surface area contributed by atoms with E-state index in [9.17, 15) is 19.0 Å². The number of likely N-dealkylation sites (N-methyl/N-ethyl adjacent to an activating group) is 1. The molecule has 0 aliphatic carbocycles. The van der Waals surface area contributed by atoms with Gasteiger partial charge in [-0.1, -0.05) is 263 Å². The van der Waals surface area contributed by atoms with Crippen molar-refractivity contribution in [3.63, 3.8) is 0 Å². The summed E-state index contributed by atoms with van der Waals surface area (Å²) in [4.78, 5) is 38.0. The molecule has 0 aromatic heterocycles. The van der Waals surface area contributed by atoms with E-state index in [1.54, 1.807) is 0 Å². The van der Waals surface area contributed by atoms with Crippen LogP contribution in [0.15, 0.2) is 134 Å². The second kappa shape index (κ2) is 61.7. The predicted molar refractivity (Wildman–Crippen MR) is 351 cm³/mol. The molecule has 9 nitrogen and oxygen atoms in total. The highest BCUT2D eigenvalue weighted by molar-refractivity contribution is 7.45. The zero-order valence-corrected chi connectivity index (χ0v) is 54.0. The van der Waals surface area contributed by atoms with Crippen LogP contribution in [0.25, 0.3) is 0 Å². The van der Waals surface area contributed by atoms with Crippen LogP contribution in [0.1, 0.15) is 258 Å². The first kappa shape index (κ1) is 78.1. The van der Waals surface area contributed by atoms with Crippen LogP contribution in [0.2, 0.25) is 0 Å². The summed E-state index contributed by atoms with van der Waals surface area (Å²) in [5.41, 5.74) is 0. The van der Waals surface area contributed by atoms with E-state index in [0.717, 1.165) is 122 Å². The van der Waals surface area contributed by atoms with Gasteiger partial charge in [-0.25, -0.2) is 0 Å². The number of hydrogen-bond acceptors (Lipinski definition) is 8. The van der Waals surface area contributed by atoms with Crippen molar-refractivity contribution >= 4 is 19.8 Å². The monoisotopic (exact) mass is 1160 g/mol. The summed E-state index contributed by atoms with van der Waals surface area (Å²) >= 11 is 0. The quantitative estimate of drug-likeness (QED) is 0.0195. The molecule has 0 spiro atoms. The van der Waals surface area contributed by atoms with Crippen LogP contribution >= 0.6 is 7.82 Å². The zero-order valence-electron chi connectivity index (χ0n) is 53.1. The van der Waals surface area contributed by atoms with E-state index in [4.69, 9.17) is 18.5 Å². The molecule has 0 aliphatic rings. The lowest BCUT2D eigenvalue weighted by molar-refractivity contribution is -0.870. The SMILES string of the molecule is CC/C=C\C/C=C\C/C=C\C/C=C\C/C=C\C/C=C\C/C=C\C/C=C\CCCCCCCCCCCCC(=O)OC(COC(=O)CCCCCCCCCC/C=C\C/C=C\C/C=C\CCCCCCC)COP(=O)([O-])OCC[N+](C)(C)C. The van der Waals surface area contributed by atoms with Gasteiger partial charge in [0.2, 0.25) is 0 Å². The van der Waals surface area contributed by atoms with Crippen molar-refractivity contribution in [1.82, 2.24) is 0 Å². The molecule has 0 N–H and O–H groups in total. The summed E-state index contributed by atoms with van der Waals surface area (Å²) in [5, 5.41) is 0. The fraction of sp³-hybridized carbons (Fsp3) is 0.667. The van der Waals surface area contributed by atoms with Gasteiger partial charge >= 0.3 is 11.9 Å². The fourth-order valence-electron chi connectivity index (χ4n) is 8.62. The molecule has 0 radical (unpaired) electrons. The highest BCUT2D eigenvalue weighted by Crippen LogP contribution is 2.38. The highest BCUT2D eigenvalue weighted by atomic mass is 31.2. The Balaban J connectivity index is 4.15. The third kappa shape index (κ3) is 65.3. The van der Waals surface area contributed by atoms with Gasteiger partial charge in [0.25, 0.3) is 7.82 Å². The number of carbonyl (C=O) groups excluding carboxylic acids is 2. The highest BCUT2D eigenvalue weighted by Gasteiger charge is 2.22. The van der Waals surface area contributed by atoms with Crippen molar-refractivity contribution in [1.29, 1.82) is 0 Å². The first-order valence-corrected chi connectivity index (χ1v) is 34.4. The molecule has 0 rings (SSSR count). The number of quaternary nitrogens is 1. The molecule has 2 unspecified atom stereocenters. The number of phosphoric ester groups is 1. The van der Waals surface area contributed by atoms with E-state index in [-0.39, 0.29) is 26.1 Å². The third-order valence-corrected chi connectivity index (χ3v) is 14.6. The van der Waals surface area contributed by atoms with Crippen molar-refractivity contribution in [3.8, 4) is 0 Å². The van der Waals surface area contributed by atoms with Gasteiger partial charge in [-0.2, -0.15) is 0 Å². The first-order chi connectivity index (χ1) is 40.0. The third-order valence-electron chi connectivity index (χ3n) is 13.7. The maximum Gasteiger partial charge on any atom is 0.306 e. The van der Waals surface area contributed by atoms with E-state index in [2.05, 4.69) is 148 Å².